The first-order valence-corrected chi connectivity index (χ1v) is 10.4. The molecule has 32 heavy (non-hydrogen) atoms. The molecule has 3 aromatic rings. The largest absolute Gasteiger partial charge is 0.394 e. The van der Waals surface area contributed by atoms with E-state index in [1.54, 1.807) is 41.4 Å². The number of aromatic nitrogens is 1. The fourth-order valence-electron chi connectivity index (χ4n) is 4.73. The lowest BCUT2D eigenvalue weighted by atomic mass is 9.72. The maximum atomic E-state index is 14.1. The monoisotopic (exact) mass is 432 g/mol. The average molecular weight is 432 g/mol. The van der Waals surface area contributed by atoms with E-state index in [9.17, 15) is 19.1 Å². The zero-order chi connectivity index (χ0) is 22.2. The van der Waals surface area contributed by atoms with Crippen molar-refractivity contribution in [1.29, 1.82) is 0 Å². The molecule has 0 radical (unpaired) electrons. The van der Waals surface area contributed by atoms with Crippen LogP contribution in [0.1, 0.15) is 22.0 Å². The summed E-state index contributed by atoms with van der Waals surface area (Å²) in [7, 11) is 0. The Morgan fingerprint density at radius 2 is 1.81 bits per heavy atom. The molecule has 5 rings (SSSR count). The number of benzene rings is 2. The highest BCUT2D eigenvalue weighted by molar-refractivity contribution is 6.06. The van der Waals surface area contributed by atoms with Gasteiger partial charge in [0.1, 0.15) is 11.5 Å². The second-order valence-corrected chi connectivity index (χ2v) is 7.85. The van der Waals surface area contributed by atoms with Crippen LogP contribution in [-0.4, -0.2) is 52.2 Å². The summed E-state index contributed by atoms with van der Waals surface area (Å²) in [6, 6.07) is 17.2. The van der Waals surface area contributed by atoms with Crippen molar-refractivity contribution in [3.8, 4) is 0 Å². The van der Waals surface area contributed by atoms with E-state index in [4.69, 9.17) is 0 Å². The third kappa shape index (κ3) is 3.20. The SMILES string of the molecule is O=C(c1ccccn1)N1C[C@@H]2[C@H](c3ccccc31)[C@H](CO)N2C(=O)Nc1ccccc1F. The molecule has 0 saturated carbocycles. The first-order chi connectivity index (χ1) is 15.6. The molecular weight excluding hydrogens is 411 g/mol. The van der Waals surface area contributed by atoms with Crippen LogP contribution in [-0.2, 0) is 0 Å². The Balaban J connectivity index is 1.48. The maximum absolute atomic E-state index is 14.1. The van der Waals surface area contributed by atoms with E-state index in [1.807, 2.05) is 24.3 Å². The molecule has 2 aliphatic rings. The number of fused-ring (bicyclic) bond motifs is 3. The van der Waals surface area contributed by atoms with Gasteiger partial charge in [0.25, 0.3) is 5.91 Å². The van der Waals surface area contributed by atoms with Gasteiger partial charge in [-0.1, -0.05) is 36.4 Å². The van der Waals surface area contributed by atoms with Crippen LogP contribution in [0.3, 0.4) is 0 Å². The molecule has 3 heterocycles. The average Bonchev–Trinajstić information content (AvgIpc) is 2.81. The van der Waals surface area contributed by atoms with Crippen LogP contribution < -0.4 is 10.2 Å². The molecule has 0 bridgehead atoms. The lowest BCUT2D eigenvalue weighted by Gasteiger charge is -2.58. The molecule has 7 nitrogen and oxygen atoms in total. The van der Waals surface area contributed by atoms with Crippen LogP contribution in [0.4, 0.5) is 20.6 Å². The number of urea groups is 1. The number of hydrogen-bond donors (Lipinski definition) is 2. The molecule has 0 aliphatic carbocycles. The molecule has 8 heteroatoms. The number of aliphatic hydroxyl groups is 1. The summed E-state index contributed by atoms with van der Waals surface area (Å²) < 4.78 is 14.1. The number of carbonyl (C=O) groups excluding carboxylic acids is 2. The van der Waals surface area contributed by atoms with E-state index >= 15 is 0 Å². The zero-order valence-corrected chi connectivity index (χ0v) is 17.1. The Hall–Kier alpha value is -3.78. The van der Waals surface area contributed by atoms with Crippen LogP contribution in [0.2, 0.25) is 0 Å². The fourth-order valence-corrected chi connectivity index (χ4v) is 4.73. The van der Waals surface area contributed by atoms with Gasteiger partial charge in [0.2, 0.25) is 0 Å². The van der Waals surface area contributed by atoms with Gasteiger partial charge in [-0.25, -0.2) is 9.18 Å². The molecule has 2 aliphatic heterocycles. The van der Waals surface area contributed by atoms with Gasteiger partial charge >= 0.3 is 6.03 Å². The van der Waals surface area contributed by atoms with E-state index in [2.05, 4.69) is 10.3 Å². The number of aliphatic hydroxyl groups excluding tert-OH is 1. The minimum Gasteiger partial charge on any atom is -0.394 e. The van der Waals surface area contributed by atoms with Gasteiger partial charge in [-0.3, -0.25) is 9.78 Å². The minimum atomic E-state index is -0.542. The number of anilines is 2. The second kappa shape index (κ2) is 8.05. The number of likely N-dealkylation sites (tertiary alicyclic amines) is 1. The van der Waals surface area contributed by atoms with Gasteiger partial charge in [-0.2, -0.15) is 0 Å². The molecule has 2 aromatic carbocycles. The molecule has 0 unspecified atom stereocenters. The summed E-state index contributed by atoms with van der Waals surface area (Å²) in [6.07, 6.45) is 1.56. The van der Waals surface area contributed by atoms with E-state index < -0.39 is 17.9 Å². The van der Waals surface area contributed by atoms with Crippen molar-refractivity contribution in [2.45, 2.75) is 18.0 Å². The summed E-state index contributed by atoms with van der Waals surface area (Å²) in [5, 5.41) is 12.7. The lowest BCUT2D eigenvalue weighted by molar-refractivity contribution is -0.00269. The highest BCUT2D eigenvalue weighted by Crippen LogP contribution is 2.48. The molecule has 1 fully saturated rings. The summed E-state index contributed by atoms with van der Waals surface area (Å²) in [4.78, 5) is 33.6. The molecule has 3 amide bonds. The quantitative estimate of drug-likeness (QED) is 0.665. The summed E-state index contributed by atoms with van der Waals surface area (Å²) in [5.74, 6) is -0.937. The van der Waals surface area contributed by atoms with Crippen molar-refractivity contribution in [1.82, 2.24) is 9.88 Å². The van der Waals surface area contributed by atoms with Crippen molar-refractivity contribution in [2.24, 2.45) is 0 Å². The van der Waals surface area contributed by atoms with E-state index in [0.29, 0.717) is 5.69 Å². The highest BCUT2D eigenvalue weighted by atomic mass is 19.1. The van der Waals surface area contributed by atoms with Gasteiger partial charge in [0.15, 0.2) is 0 Å². The number of pyridine rings is 1. The molecule has 1 saturated heterocycles. The van der Waals surface area contributed by atoms with Crippen LogP contribution in [0.15, 0.2) is 72.9 Å². The highest BCUT2D eigenvalue weighted by Gasteiger charge is 2.55. The molecule has 2 N–H and O–H groups in total. The van der Waals surface area contributed by atoms with E-state index in [-0.39, 0.29) is 36.7 Å². The number of amides is 3. The van der Waals surface area contributed by atoms with Gasteiger partial charge in [-0.15, -0.1) is 0 Å². The Morgan fingerprint density at radius 3 is 2.56 bits per heavy atom. The number of nitrogens with one attached hydrogen (secondary N) is 1. The molecule has 1 aromatic heterocycles. The van der Waals surface area contributed by atoms with E-state index in [1.165, 1.54) is 17.0 Å². The van der Waals surface area contributed by atoms with Gasteiger partial charge in [-0.05, 0) is 35.9 Å². The van der Waals surface area contributed by atoms with Crippen molar-refractivity contribution in [3.63, 3.8) is 0 Å². The van der Waals surface area contributed by atoms with Crippen LogP contribution in [0, 0.1) is 5.82 Å². The maximum Gasteiger partial charge on any atom is 0.322 e. The predicted molar refractivity (Wildman–Crippen MR) is 117 cm³/mol. The summed E-state index contributed by atoms with van der Waals surface area (Å²) in [5.41, 5.74) is 2.01. The second-order valence-electron chi connectivity index (χ2n) is 7.85. The predicted octanol–water partition coefficient (Wildman–Crippen LogP) is 3.24. The normalized spacial score (nSPS) is 21.2. The van der Waals surface area contributed by atoms with Gasteiger partial charge < -0.3 is 20.2 Å². The Kier molecular flexibility index (Phi) is 5.07. The molecule has 162 valence electrons. The van der Waals surface area contributed by atoms with Gasteiger partial charge in [0.05, 0.1) is 24.4 Å². The van der Waals surface area contributed by atoms with Crippen LogP contribution >= 0.6 is 0 Å². The van der Waals surface area contributed by atoms with Crippen molar-refractivity contribution in [3.05, 3.63) is 90.0 Å². The number of carbonyl (C=O) groups is 2. The number of para-hydroxylation sites is 2. The first-order valence-electron chi connectivity index (χ1n) is 10.4. The fraction of sp³-hybridized carbons (Fsp3) is 0.208. The lowest BCUT2D eigenvalue weighted by Crippen LogP contribution is -2.71. The Bertz CT molecular complexity index is 1170. The van der Waals surface area contributed by atoms with E-state index in [0.717, 1.165) is 11.3 Å². The summed E-state index contributed by atoms with van der Waals surface area (Å²) in [6.45, 7) is 0.00661. The number of halogens is 1. The molecule has 3 atom stereocenters. The minimum absolute atomic E-state index is 0.0651. The van der Waals surface area contributed by atoms with Crippen LogP contribution in [0.25, 0.3) is 0 Å². The zero-order valence-electron chi connectivity index (χ0n) is 17.1. The smallest absolute Gasteiger partial charge is 0.322 e. The summed E-state index contributed by atoms with van der Waals surface area (Å²) >= 11 is 0. The van der Waals surface area contributed by atoms with Crippen molar-refractivity contribution >= 4 is 23.3 Å². The Morgan fingerprint density at radius 1 is 1.06 bits per heavy atom. The van der Waals surface area contributed by atoms with Crippen LogP contribution in [0.5, 0.6) is 0 Å². The van der Waals surface area contributed by atoms with Crippen molar-refractivity contribution in [2.75, 3.05) is 23.4 Å². The molecular formula is C24H21FN4O3. The standard InChI is InChI=1S/C24H21FN4O3/c25-16-8-2-3-9-17(16)27-24(32)29-20-13-28(23(31)18-10-5-6-12-26-18)19-11-4-1-7-15(19)22(20)21(29)14-30/h1-12,20-22,30H,13-14H2,(H,27,32)/t20-,21+,22+/m1/s1. The number of rotatable bonds is 3. The molecule has 0 spiro atoms. The Labute approximate surface area is 184 Å². The van der Waals surface area contributed by atoms with Gasteiger partial charge in [0, 0.05) is 24.3 Å². The first kappa shape index (κ1) is 20.1. The number of nitrogens with zero attached hydrogens (tertiary/aromatic N) is 3. The third-order valence-electron chi connectivity index (χ3n) is 6.17. The van der Waals surface area contributed by atoms with Crippen molar-refractivity contribution < 1.29 is 19.1 Å². The number of hydrogen-bond acceptors (Lipinski definition) is 4. The third-order valence-corrected chi connectivity index (χ3v) is 6.17. The topological polar surface area (TPSA) is 85.8 Å².